The molecule has 29 heavy (non-hydrogen) atoms. The summed E-state index contributed by atoms with van der Waals surface area (Å²) in [4.78, 5) is 14.7. The van der Waals surface area contributed by atoms with E-state index in [4.69, 9.17) is 14.6 Å². The Morgan fingerprint density at radius 1 is 1.21 bits per heavy atom. The van der Waals surface area contributed by atoms with Crippen molar-refractivity contribution in [3.63, 3.8) is 0 Å². The van der Waals surface area contributed by atoms with Crippen molar-refractivity contribution in [2.75, 3.05) is 6.61 Å². The molecule has 1 aliphatic heterocycles. The predicted molar refractivity (Wildman–Crippen MR) is 109 cm³/mol. The summed E-state index contributed by atoms with van der Waals surface area (Å²) >= 11 is 0. The normalized spacial score (nSPS) is 22.3. The van der Waals surface area contributed by atoms with Crippen LogP contribution in [0.5, 0.6) is 5.75 Å². The van der Waals surface area contributed by atoms with Crippen molar-refractivity contribution in [1.29, 1.82) is 0 Å². The zero-order valence-corrected chi connectivity index (χ0v) is 16.1. The Kier molecular flexibility index (Phi) is 7.55. The van der Waals surface area contributed by atoms with Crippen molar-refractivity contribution < 1.29 is 24.5 Å². The highest BCUT2D eigenvalue weighted by molar-refractivity contribution is 5.66. The number of hydrogen-bond donors (Lipinski definition) is 2. The second-order valence-corrected chi connectivity index (χ2v) is 6.86. The Morgan fingerprint density at radius 2 is 2.07 bits per heavy atom. The zero-order valence-electron chi connectivity index (χ0n) is 16.1. The molecule has 152 valence electrons. The summed E-state index contributed by atoms with van der Waals surface area (Å²) in [5.41, 5.74) is 1.67. The number of aromatic nitrogens is 1. The lowest BCUT2D eigenvalue weighted by molar-refractivity contribution is -0.215. The highest BCUT2D eigenvalue weighted by atomic mass is 16.7. The number of phenolic OH excluding ortho intramolecular Hbond substituents is 1. The Hall–Kier alpha value is -2.96. The molecule has 1 saturated heterocycles. The number of rotatable bonds is 8. The van der Waals surface area contributed by atoms with Gasteiger partial charge in [-0.05, 0) is 36.6 Å². The van der Waals surface area contributed by atoms with E-state index in [-0.39, 0.29) is 24.2 Å². The number of carboxylic acids is 1. The van der Waals surface area contributed by atoms with Gasteiger partial charge < -0.3 is 19.7 Å². The molecular formula is C23H25NO5. The van der Waals surface area contributed by atoms with E-state index in [1.165, 1.54) is 0 Å². The Balaban J connectivity index is 1.70. The van der Waals surface area contributed by atoms with Crippen molar-refractivity contribution in [3.8, 4) is 5.75 Å². The molecule has 1 fully saturated rings. The highest BCUT2D eigenvalue weighted by Gasteiger charge is 2.32. The maximum atomic E-state index is 10.6. The number of hydrogen-bond acceptors (Lipinski definition) is 5. The first-order chi connectivity index (χ1) is 14.1. The second kappa shape index (κ2) is 10.5. The van der Waals surface area contributed by atoms with E-state index in [0.717, 1.165) is 11.1 Å². The van der Waals surface area contributed by atoms with Gasteiger partial charge in [-0.1, -0.05) is 42.5 Å². The molecular weight excluding hydrogens is 370 g/mol. The van der Waals surface area contributed by atoms with Gasteiger partial charge in [0.1, 0.15) is 5.75 Å². The molecule has 1 aliphatic rings. The molecule has 0 spiro atoms. The third kappa shape index (κ3) is 6.27. The van der Waals surface area contributed by atoms with E-state index in [9.17, 15) is 9.90 Å². The van der Waals surface area contributed by atoms with E-state index < -0.39 is 12.3 Å². The lowest BCUT2D eigenvalue weighted by Crippen LogP contribution is -2.33. The number of aromatic hydroxyl groups is 1. The number of pyridine rings is 1. The van der Waals surface area contributed by atoms with E-state index in [0.29, 0.717) is 19.4 Å². The van der Waals surface area contributed by atoms with Crippen LogP contribution < -0.4 is 0 Å². The smallest absolute Gasteiger partial charge is 0.303 e. The van der Waals surface area contributed by atoms with Crippen LogP contribution >= 0.6 is 0 Å². The van der Waals surface area contributed by atoms with Crippen LogP contribution in [0.25, 0.3) is 6.08 Å². The maximum Gasteiger partial charge on any atom is 0.303 e. The molecule has 0 radical (unpaired) electrons. The fourth-order valence-electron chi connectivity index (χ4n) is 3.21. The Labute approximate surface area is 170 Å². The van der Waals surface area contributed by atoms with Gasteiger partial charge in [0.25, 0.3) is 0 Å². The summed E-state index contributed by atoms with van der Waals surface area (Å²) in [5.74, 6) is -0.615. The fourth-order valence-corrected chi connectivity index (χ4v) is 3.21. The number of allylic oxidation sites excluding steroid dienone is 2. The number of benzene rings is 1. The summed E-state index contributed by atoms with van der Waals surface area (Å²) in [6.07, 6.45) is 11.4. The van der Waals surface area contributed by atoms with Crippen molar-refractivity contribution in [1.82, 2.24) is 4.98 Å². The van der Waals surface area contributed by atoms with Crippen molar-refractivity contribution in [2.45, 2.75) is 31.7 Å². The van der Waals surface area contributed by atoms with E-state index in [2.05, 4.69) is 4.98 Å². The summed E-state index contributed by atoms with van der Waals surface area (Å²) in [6.45, 7) is 0.463. The molecule has 2 N–H and O–H groups in total. The molecule has 0 bridgehead atoms. The van der Waals surface area contributed by atoms with Crippen LogP contribution in [0.2, 0.25) is 0 Å². The first-order valence-corrected chi connectivity index (χ1v) is 9.63. The quantitative estimate of drug-likeness (QED) is 0.646. The van der Waals surface area contributed by atoms with Crippen LogP contribution in [-0.4, -0.2) is 34.1 Å². The second-order valence-electron chi connectivity index (χ2n) is 6.86. The monoisotopic (exact) mass is 395 g/mol. The number of nitrogens with zero attached hydrogens (tertiary/aromatic N) is 1. The van der Waals surface area contributed by atoms with E-state index >= 15 is 0 Å². The molecule has 2 heterocycles. The van der Waals surface area contributed by atoms with E-state index in [1.807, 2.05) is 48.6 Å². The van der Waals surface area contributed by atoms with Crippen LogP contribution in [-0.2, 0) is 14.3 Å². The van der Waals surface area contributed by atoms with Crippen LogP contribution in [0.3, 0.4) is 0 Å². The summed E-state index contributed by atoms with van der Waals surface area (Å²) < 4.78 is 12.0. The Morgan fingerprint density at radius 3 is 2.83 bits per heavy atom. The van der Waals surface area contributed by atoms with Crippen LogP contribution in [0.4, 0.5) is 0 Å². The topological polar surface area (TPSA) is 88.9 Å². The first-order valence-electron chi connectivity index (χ1n) is 9.63. The number of aliphatic carboxylic acids is 1. The minimum Gasteiger partial charge on any atom is -0.508 e. The van der Waals surface area contributed by atoms with Crippen LogP contribution in [0.15, 0.2) is 67.0 Å². The average Bonchev–Trinajstić information content (AvgIpc) is 2.73. The van der Waals surface area contributed by atoms with Gasteiger partial charge in [-0.25, -0.2) is 0 Å². The third-order valence-corrected chi connectivity index (χ3v) is 4.69. The Bertz CT molecular complexity index is 849. The number of phenols is 1. The minimum atomic E-state index is -0.811. The van der Waals surface area contributed by atoms with Crippen LogP contribution in [0.1, 0.15) is 36.5 Å². The summed E-state index contributed by atoms with van der Waals surface area (Å²) in [5, 5.41) is 19.0. The van der Waals surface area contributed by atoms with Gasteiger partial charge in [-0.3, -0.25) is 9.78 Å². The standard InChI is InChI=1S/C23H25NO5/c25-20-10-5-4-9-19(20)23-18(8-2-1-3-11-21(26)27)16-28-22(29-23)13-12-17-7-6-14-24-15-17/h1-2,4-7,9-10,12-15,18,22-23,25H,3,8,11,16H2,(H,26,27)/b2-1+,13-12+/t18-,22+,23+/m1/s1. The molecule has 6 heteroatoms. The molecule has 0 saturated carbocycles. The van der Waals surface area contributed by atoms with Crippen molar-refractivity contribution in [2.24, 2.45) is 5.92 Å². The molecule has 0 amide bonds. The van der Waals surface area contributed by atoms with Crippen LogP contribution in [0, 0.1) is 5.92 Å². The van der Waals surface area contributed by atoms with Gasteiger partial charge in [0, 0.05) is 30.3 Å². The SMILES string of the molecule is O=C(O)CC/C=C/C[C@@H]1CO[C@H](/C=C/c2cccnc2)O[C@@H]1c1ccccc1O. The lowest BCUT2D eigenvalue weighted by Gasteiger charge is -2.35. The number of ether oxygens (including phenoxy) is 2. The molecule has 1 aromatic carbocycles. The molecule has 0 aliphatic carbocycles. The number of carboxylic acid groups (broad SMARTS) is 1. The predicted octanol–water partition coefficient (Wildman–Crippen LogP) is 4.34. The largest absolute Gasteiger partial charge is 0.508 e. The third-order valence-electron chi connectivity index (χ3n) is 4.69. The van der Waals surface area contributed by atoms with E-state index in [1.54, 1.807) is 24.5 Å². The fraction of sp³-hybridized carbons (Fsp3) is 0.304. The summed E-state index contributed by atoms with van der Waals surface area (Å²) in [7, 11) is 0. The van der Waals surface area contributed by atoms with Gasteiger partial charge in [-0.2, -0.15) is 0 Å². The van der Waals surface area contributed by atoms with Gasteiger partial charge in [0.15, 0.2) is 6.29 Å². The zero-order chi connectivity index (χ0) is 20.5. The molecule has 3 atom stereocenters. The summed E-state index contributed by atoms with van der Waals surface area (Å²) in [6, 6.07) is 11.0. The first kappa shape index (κ1) is 20.8. The minimum absolute atomic E-state index is 0.00687. The lowest BCUT2D eigenvalue weighted by atomic mass is 9.91. The number of carbonyl (C=O) groups is 1. The van der Waals surface area contributed by atoms with Crippen molar-refractivity contribution in [3.05, 3.63) is 78.1 Å². The van der Waals surface area contributed by atoms with Gasteiger partial charge in [0.2, 0.25) is 0 Å². The maximum absolute atomic E-state index is 10.6. The highest BCUT2D eigenvalue weighted by Crippen LogP contribution is 2.38. The molecule has 2 aromatic rings. The molecule has 1 aromatic heterocycles. The van der Waals surface area contributed by atoms with Crippen molar-refractivity contribution >= 4 is 12.0 Å². The molecule has 6 nitrogen and oxygen atoms in total. The molecule has 3 rings (SSSR count). The molecule has 0 unspecified atom stereocenters. The average molecular weight is 395 g/mol. The van der Waals surface area contributed by atoms with Gasteiger partial charge in [-0.15, -0.1) is 0 Å². The van der Waals surface area contributed by atoms with Gasteiger partial charge >= 0.3 is 5.97 Å². The van der Waals surface area contributed by atoms with Gasteiger partial charge in [0.05, 0.1) is 12.7 Å². The number of para-hydroxylation sites is 1.